The summed E-state index contributed by atoms with van der Waals surface area (Å²) in [7, 11) is 0. The summed E-state index contributed by atoms with van der Waals surface area (Å²) in [6, 6.07) is 15.4. The smallest absolute Gasteiger partial charge is 0.158 e. The van der Waals surface area contributed by atoms with Crippen molar-refractivity contribution in [1.29, 1.82) is 0 Å². The van der Waals surface area contributed by atoms with Gasteiger partial charge in [-0.2, -0.15) is 0 Å². The van der Waals surface area contributed by atoms with Gasteiger partial charge in [0.05, 0.1) is 0 Å². The van der Waals surface area contributed by atoms with Crippen LogP contribution in [-0.4, -0.2) is 4.55 Å². The van der Waals surface area contributed by atoms with Crippen LogP contribution in [0, 0.1) is 0 Å². The third-order valence-corrected chi connectivity index (χ3v) is 4.71. The van der Waals surface area contributed by atoms with Crippen molar-refractivity contribution in [1.82, 2.24) is 0 Å². The maximum Gasteiger partial charge on any atom is 0.158 e. The van der Waals surface area contributed by atoms with E-state index in [9.17, 15) is 4.55 Å². The molecule has 0 heterocycles. The van der Waals surface area contributed by atoms with Crippen molar-refractivity contribution in [3.8, 4) is 0 Å². The molecule has 2 N–H and O–H groups in total. The molecule has 2 aromatic carbocycles. The largest absolute Gasteiger partial charge is 0.606 e. The van der Waals surface area contributed by atoms with Crippen LogP contribution in [0.1, 0.15) is 11.1 Å². The quantitative estimate of drug-likeness (QED) is 0.693. The topological polar surface area (TPSA) is 49.1 Å². The average Bonchev–Trinajstić information content (AvgIpc) is 2.47. The first-order valence-corrected chi connectivity index (χ1v) is 7.87. The van der Waals surface area contributed by atoms with E-state index in [2.05, 4.69) is 15.9 Å². The molecule has 4 heteroatoms. The highest BCUT2D eigenvalue weighted by atomic mass is 79.9. The third-order valence-electron chi connectivity index (χ3n) is 2.66. The van der Waals surface area contributed by atoms with Gasteiger partial charge in [-0.1, -0.05) is 40.2 Å². The molecule has 0 fully saturated rings. The Labute approximate surface area is 119 Å². The summed E-state index contributed by atoms with van der Waals surface area (Å²) in [5.74, 6) is 0. The highest BCUT2D eigenvalue weighted by Gasteiger charge is 2.14. The zero-order valence-corrected chi connectivity index (χ0v) is 12.2. The SMILES string of the molecule is NCc1ccc([S+]([O-])c2ccc(CBr)cc2)cc1. The van der Waals surface area contributed by atoms with Crippen LogP contribution in [-0.2, 0) is 23.1 Å². The van der Waals surface area contributed by atoms with Gasteiger partial charge in [0.1, 0.15) is 0 Å². The summed E-state index contributed by atoms with van der Waals surface area (Å²) >= 11 is 2.27. The van der Waals surface area contributed by atoms with E-state index in [1.54, 1.807) is 0 Å². The van der Waals surface area contributed by atoms with Crippen LogP contribution in [0.5, 0.6) is 0 Å². The van der Waals surface area contributed by atoms with Crippen molar-refractivity contribution in [3.63, 3.8) is 0 Å². The standard InChI is InChI=1S/C14H14BrNOS/c15-9-11-1-5-13(6-2-11)18(17)14-7-3-12(10-16)4-8-14/h1-8H,9-10,16H2. The van der Waals surface area contributed by atoms with E-state index in [1.807, 2.05) is 48.5 Å². The minimum atomic E-state index is -1.12. The van der Waals surface area contributed by atoms with Gasteiger partial charge in [-0.3, -0.25) is 0 Å². The Morgan fingerprint density at radius 2 is 1.33 bits per heavy atom. The second-order valence-corrected chi connectivity index (χ2v) is 5.94. The second-order valence-electron chi connectivity index (χ2n) is 3.89. The van der Waals surface area contributed by atoms with E-state index in [1.165, 1.54) is 5.56 Å². The summed E-state index contributed by atoms with van der Waals surface area (Å²) in [6.45, 7) is 0.507. The summed E-state index contributed by atoms with van der Waals surface area (Å²) in [6.07, 6.45) is 0. The van der Waals surface area contributed by atoms with Gasteiger partial charge in [0.15, 0.2) is 9.79 Å². The minimum absolute atomic E-state index is 0.507. The molecule has 1 atom stereocenters. The van der Waals surface area contributed by atoms with E-state index in [0.29, 0.717) is 6.54 Å². The minimum Gasteiger partial charge on any atom is -0.606 e. The van der Waals surface area contributed by atoms with Gasteiger partial charge in [-0.05, 0) is 35.4 Å². The molecule has 0 aromatic heterocycles. The van der Waals surface area contributed by atoms with Crippen LogP contribution in [0.15, 0.2) is 58.3 Å². The zero-order chi connectivity index (χ0) is 13.0. The van der Waals surface area contributed by atoms with E-state index in [-0.39, 0.29) is 0 Å². The van der Waals surface area contributed by atoms with Crippen LogP contribution in [0.4, 0.5) is 0 Å². The number of nitrogens with two attached hydrogens (primary N) is 1. The van der Waals surface area contributed by atoms with Crippen molar-refractivity contribution < 1.29 is 4.55 Å². The summed E-state index contributed by atoms with van der Waals surface area (Å²) in [5.41, 5.74) is 7.76. The highest BCUT2D eigenvalue weighted by molar-refractivity contribution is 9.08. The van der Waals surface area contributed by atoms with E-state index >= 15 is 0 Å². The van der Waals surface area contributed by atoms with Crippen molar-refractivity contribution in [2.75, 3.05) is 0 Å². The van der Waals surface area contributed by atoms with E-state index in [0.717, 1.165) is 20.7 Å². The molecule has 0 aliphatic heterocycles. The Bertz CT molecular complexity index is 451. The van der Waals surface area contributed by atoms with Crippen LogP contribution >= 0.6 is 15.9 Å². The molecule has 0 amide bonds. The molecule has 2 nitrogen and oxygen atoms in total. The van der Waals surface area contributed by atoms with E-state index in [4.69, 9.17) is 5.73 Å². The highest BCUT2D eigenvalue weighted by Crippen LogP contribution is 2.22. The van der Waals surface area contributed by atoms with Crippen LogP contribution in [0.25, 0.3) is 0 Å². The molecule has 0 bridgehead atoms. The lowest BCUT2D eigenvalue weighted by Crippen LogP contribution is -2.03. The summed E-state index contributed by atoms with van der Waals surface area (Å²) < 4.78 is 12.3. The first-order valence-electron chi connectivity index (χ1n) is 5.60. The number of hydrogen-bond donors (Lipinski definition) is 1. The Morgan fingerprint density at radius 1 is 0.889 bits per heavy atom. The Balaban J connectivity index is 2.20. The van der Waals surface area contributed by atoms with Crippen LogP contribution in [0.3, 0.4) is 0 Å². The van der Waals surface area contributed by atoms with Crippen molar-refractivity contribution in [2.45, 2.75) is 21.7 Å². The monoisotopic (exact) mass is 323 g/mol. The van der Waals surface area contributed by atoms with Crippen molar-refractivity contribution in [3.05, 3.63) is 59.7 Å². The molecular formula is C14H14BrNOS. The third kappa shape index (κ3) is 3.14. The molecule has 0 aliphatic rings. The zero-order valence-electron chi connectivity index (χ0n) is 9.80. The lowest BCUT2D eigenvalue weighted by atomic mass is 10.2. The molecule has 0 saturated carbocycles. The first kappa shape index (κ1) is 13.6. The maximum absolute atomic E-state index is 12.3. The molecule has 0 aliphatic carbocycles. The fourth-order valence-electron chi connectivity index (χ4n) is 1.59. The molecular weight excluding hydrogens is 310 g/mol. The van der Waals surface area contributed by atoms with Gasteiger partial charge < -0.3 is 10.3 Å². The van der Waals surface area contributed by atoms with Gasteiger partial charge in [-0.25, -0.2) is 0 Å². The molecule has 0 spiro atoms. The molecule has 94 valence electrons. The number of halogens is 1. The van der Waals surface area contributed by atoms with Gasteiger partial charge in [-0.15, -0.1) is 0 Å². The van der Waals surface area contributed by atoms with Gasteiger partial charge in [0.25, 0.3) is 0 Å². The first-order chi connectivity index (χ1) is 8.74. The lowest BCUT2D eigenvalue weighted by molar-refractivity contribution is 0.595. The van der Waals surface area contributed by atoms with Crippen molar-refractivity contribution in [2.24, 2.45) is 5.73 Å². The van der Waals surface area contributed by atoms with Crippen LogP contribution in [0.2, 0.25) is 0 Å². The summed E-state index contributed by atoms with van der Waals surface area (Å²) in [4.78, 5) is 1.62. The Morgan fingerprint density at radius 3 is 1.72 bits per heavy atom. The fraction of sp³-hybridized carbons (Fsp3) is 0.143. The normalized spacial score (nSPS) is 12.4. The molecule has 18 heavy (non-hydrogen) atoms. The summed E-state index contributed by atoms with van der Waals surface area (Å²) in [5, 5.41) is 0.811. The van der Waals surface area contributed by atoms with Crippen LogP contribution < -0.4 is 5.73 Å². The van der Waals surface area contributed by atoms with Gasteiger partial charge in [0, 0.05) is 23.1 Å². The maximum atomic E-state index is 12.3. The number of rotatable bonds is 4. The predicted octanol–water partition coefficient (Wildman–Crippen LogP) is 3.21. The average molecular weight is 324 g/mol. The van der Waals surface area contributed by atoms with Crippen molar-refractivity contribution >= 4 is 27.1 Å². The predicted molar refractivity (Wildman–Crippen MR) is 78.1 cm³/mol. The molecule has 2 rings (SSSR count). The molecule has 0 radical (unpaired) electrons. The lowest BCUT2D eigenvalue weighted by Gasteiger charge is -2.10. The second kappa shape index (κ2) is 6.38. The fourth-order valence-corrected chi connectivity index (χ4v) is 3.00. The Hall–Kier alpha value is -0.810. The van der Waals surface area contributed by atoms with E-state index < -0.39 is 11.2 Å². The number of alkyl halides is 1. The number of benzene rings is 2. The Kier molecular flexibility index (Phi) is 4.83. The molecule has 1 unspecified atom stereocenters. The number of hydrogen-bond acceptors (Lipinski definition) is 2. The molecule has 2 aromatic rings. The van der Waals surface area contributed by atoms with Gasteiger partial charge in [0.2, 0.25) is 0 Å². The van der Waals surface area contributed by atoms with Gasteiger partial charge >= 0.3 is 0 Å². The molecule has 0 saturated heterocycles.